The fourth-order valence-electron chi connectivity index (χ4n) is 4.76. The molecule has 1 unspecified atom stereocenters. The highest BCUT2D eigenvalue weighted by molar-refractivity contribution is 5.69. The Kier molecular flexibility index (Phi) is 36.2. The second-order valence-electron chi connectivity index (χ2n) is 11.9. The SMILES string of the molecule is CC/C=C\C/C=C\C/C=C\CCCCCCOCC(CO)OC(=O)CCCCCCCC/C=C\C/C=C\C/C=C\CCCCC. The minimum atomic E-state index is -0.556. The molecular weight excluding hydrogens is 556 g/mol. The molecule has 0 fully saturated rings. The normalized spacial score (nSPS) is 13.2. The van der Waals surface area contributed by atoms with E-state index in [0.29, 0.717) is 13.0 Å². The summed E-state index contributed by atoms with van der Waals surface area (Å²) in [6.07, 6.45) is 50.8. The van der Waals surface area contributed by atoms with Gasteiger partial charge in [-0.1, -0.05) is 138 Å². The first-order valence-corrected chi connectivity index (χ1v) is 18.5. The molecular formula is C41H70O4. The Morgan fingerprint density at radius 3 is 1.51 bits per heavy atom. The average Bonchev–Trinajstić information content (AvgIpc) is 3.05. The predicted molar refractivity (Wildman–Crippen MR) is 196 cm³/mol. The van der Waals surface area contributed by atoms with Gasteiger partial charge in [-0.25, -0.2) is 0 Å². The fourth-order valence-corrected chi connectivity index (χ4v) is 4.76. The van der Waals surface area contributed by atoms with E-state index >= 15 is 0 Å². The summed E-state index contributed by atoms with van der Waals surface area (Å²) in [7, 11) is 0. The topological polar surface area (TPSA) is 55.8 Å². The van der Waals surface area contributed by atoms with Crippen LogP contribution in [0.4, 0.5) is 0 Å². The Balaban J connectivity index is 3.55. The number of carbonyl (C=O) groups is 1. The molecule has 0 saturated carbocycles. The number of ether oxygens (including phenoxy) is 2. The van der Waals surface area contributed by atoms with Gasteiger partial charge in [0.05, 0.1) is 13.2 Å². The second kappa shape index (κ2) is 38.0. The van der Waals surface area contributed by atoms with Gasteiger partial charge in [0.2, 0.25) is 0 Å². The Hall–Kier alpha value is -2.17. The van der Waals surface area contributed by atoms with Crippen molar-refractivity contribution in [2.24, 2.45) is 0 Å². The molecule has 45 heavy (non-hydrogen) atoms. The van der Waals surface area contributed by atoms with Gasteiger partial charge < -0.3 is 14.6 Å². The van der Waals surface area contributed by atoms with Gasteiger partial charge in [0.25, 0.3) is 0 Å². The lowest BCUT2D eigenvalue weighted by Gasteiger charge is -2.15. The maximum Gasteiger partial charge on any atom is 0.306 e. The van der Waals surface area contributed by atoms with Gasteiger partial charge in [-0.3, -0.25) is 4.79 Å². The number of aliphatic hydroxyl groups excluding tert-OH is 1. The molecule has 1 N–H and O–H groups in total. The van der Waals surface area contributed by atoms with Crippen LogP contribution in [0.2, 0.25) is 0 Å². The maximum absolute atomic E-state index is 12.2. The minimum Gasteiger partial charge on any atom is -0.457 e. The third-order valence-corrected chi connectivity index (χ3v) is 7.52. The summed E-state index contributed by atoms with van der Waals surface area (Å²) in [5, 5.41) is 9.55. The van der Waals surface area contributed by atoms with Crippen molar-refractivity contribution in [1.29, 1.82) is 0 Å². The van der Waals surface area contributed by atoms with Gasteiger partial charge in [-0.15, -0.1) is 0 Å². The van der Waals surface area contributed by atoms with E-state index in [2.05, 4.69) is 86.8 Å². The van der Waals surface area contributed by atoms with Crippen LogP contribution in [-0.4, -0.2) is 37.0 Å². The van der Waals surface area contributed by atoms with E-state index in [0.717, 1.165) is 77.0 Å². The van der Waals surface area contributed by atoms with E-state index in [1.807, 2.05) is 0 Å². The molecule has 0 aromatic carbocycles. The Morgan fingerprint density at radius 2 is 1.00 bits per heavy atom. The highest BCUT2D eigenvalue weighted by Gasteiger charge is 2.13. The van der Waals surface area contributed by atoms with E-state index < -0.39 is 6.10 Å². The van der Waals surface area contributed by atoms with E-state index in [1.165, 1.54) is 57.8 Å². The van der Waals surface area contributed by atoms with Crippen molar-refractivity contribution in [2.75, 3.05) is 19.8 Å². The molecule has 0 radical (unpaired) electrons. The van der Waals surface area contributed by atoms with Crippen molar-refractivity contribution in [2.45, 2.75) is 161 Å². The van der Waals surface area contributed by atoms with Gasteiger partial charge in [-0.05, 0) is 83.5 Å². The van der Waals surface area contributed by atoms with Crippen molar-refractivity contribution in [3.63, 3.8) is 0 Å². The lowest BCUT2D eigenvalue weighted by atomic mass is 10.1. The van der Waals surface area contributed by atoms with Gasteiger partial charge >= 0.3 is 5.97 Å². The molecule has 0 aromatic heterocycles. The second-order valence-corrected chi connectivity index (χ2v) is 11.9. The number of hydrogen-bond donors (Lipinski definition) is 1. The molecule has 0 aromatic rings. The quantitative estimate of drug-likeness (QED) is 0.0447. The van der Waals surface area contributed by atoms with Crippen LogP contribution in [0.25, 0.3) is 0 Å². The first kappa shape index (κ1) is 42.8. The monoisotopic (exact) mass is 627 g/mol. The molecule has 0 bridgehead atoms. The molecule has 1 atom stereocenters. The zero-order valence-corrected chi connectivity index (χ0v) is 29.4. The van der Waals surface area contributed by atoms with E-state index in [-0.39, 0.29) is 19.2 Å². The molecule has 0 spiro atoms. The Labute approximate surface area is 278 Å². The summed E-state index contributed by atoms with van der Waals surface area (Å²) >= 11 is 0. The molecule has 4 heteroatoms. The summed E-state index contributed by atoms with van der Waals surface area (Å²) < 4.78 is 11.1. The number of unbranched alkanes of at least 4 members (excludes halogenated alkanes) is 13. The highest BCUT2D eigenvalue weighted by Crippen LogP contribution is 2.11. The minimum absolute atomic E-state index is 0.191. The van der Waals surface area contributed by atoms with Crippen LogP contribution in [0, 0.1) is 0 Å². The molecule has 4 nitrogen and oxygen atoms in total. The average molecular weight is 627 g/mol. The molecule has 0 amide bonds. The largest absolute Gasteiger partial charge is 0.457 e. The third-order valence-electron chi connectivity index (χ3n) is 7.52. The number of carbonyl (C=O) groups excluding carboxylic acids is 1. The highest BCUT2D eigenvalue weighted by atomic mass is 16.6. The van der Waals surface area contributed by atoms with Gasteiger partial charge in [0.15, 0.2) is 0 Å². The first-order chi connectivity index (χ1) is 22.2. The van der Waals surface area contributed by atoms with E-state index in [1.54, 1.807) is 0 Å². The van der Waals surface area contributed by atoms with Crippen LogP contribution >= 0.6 is 0 Å². The zero-order valence-electron chi connectivity index (χ0n) is 29.4. The van der Waals surface area contributed by atoms with Crippen molar-refractivity contribution in [3.05, 3.63) is 72.9 Å². The predicted octanol–water partition coefficient (Wildman–Crippen LogP) is 11.9. The van der Waals surface area contributed by atoms with Crippen LogP contribution in [0.1, 0.15) is 155 Å². The van der Waals surface area contributed by atoms with Crippen molar-refractivity contribution in [1.82, 2.24) is 0 Å². The zero-order chi connectivity index (χ0) is 32.7. The van der Waals surface area contributed by atoms with Gasteiger partial charge in [0, 0.05) is 13.0 Å². The van der Waals surface area contributed by atoms with Crippen molar-refractivity contribution < 1.29 is 19.4 Å². The molecule has 0 aliphatic rings. The molecule has 0 rings (SSSR count). The molecule has 0 heterocycles. The fraction of sp³-hybridized carbons (Fsp3) is 0.683. The molecule has 0 saturated heterocycles. The summed E-state index contributed by atoms with van der Waals surface area (Å²) in [6, 6.07) is 0. The Bertz CT molecular complexity index is 789. The van der Waals surface area contributed by atoms with Crippen LogP contribution < -0.4 is 0 Å². The summed E-state index contributed by atoms with van der Waals surface area (Å²) in [5.41, 5.74) is 0. The standard InChI is InChI=1S/C41H70O4/c1-3-5-7-9-11-13-15-17-19-20-21-22-23-24-26-28-30-32-34-36-41(43)45-40(38-42)39-44-37-35-33-31-29-27-25-18-16-14-12-10-8-6-4-2/h6,8,11-14,17-19,21-22,25,40,42H,3-5,7,9-10,15-16,20,23-24,26-39H2,1-2H3/b8-6-,13-11-,14-12-,19-17-,22-21-,25-18-. The first-order valence-electron chi connectivity index (χ1n) is 18.5. The Morgan fingerprint density at radius 1 is 0.556 bits per heavy atom. The number of hydrogen-bond acceptors (Lipinski definition) is 4. The maximum atomic E-state index is 12.2. The van der Waals surface area contributed by atoms with Crippen molar-refractivity contribution >= 4 is 5.97 Å². The smallest absolute Gasteiger partial charge is 0.306 e. The summed E-state index contributed by atoms with van der Waals surface area (Å²) in [4.78, 5) is 12.2. The van der Waals surface area contributed by atoms with Gasteiger partial charge in [-0.2, -0.15) is 0 Å². The lowest BCUT2D eigenvalue weighted by Crippen LogP contribution is -2.27. The van der Waals surface area contributed by atoms with Crippen LogP contribution in [0.5, 0.6) is 0 Å². The summed E-state index contributed by atoms with van der Waals surface area (Å²) in [6.45, 7) is 5.13. The van der Waals surface area contributed by atoms with Crippen LogP contribution in [-0.2, 0) is 14.3 Å². The molecule has 258 valence electrons. The molecule has 0 aliphatic heterocycles. The molecule has 0 aliphatic carbocycles. The number of esters is 1. The van der Waals surface area contributed by atoms with Crippen molar-refractivity contribution in [3.8, 4) is 0 Å². The van der Waals surface area contributed by atoms with Crippen LogP contribution in [0.3, 0.4) is 0 Å². The van der Waals surface area contributed by atoms with E-state index in [4.69, 9.17) is 9.47 Å². The number of aliphatic hydroxyl groups is 1. The summed E-state index contributed by atoms with van der Waals surface area (Å²) in [5.74, 6) is -0.225. The third kappa shape index (κ3) is 36.2. The number of allylic oxidation sites excluding steroid dienone is 12. The van der Waals surface area contributed by atoms with E-state index in [9.17, 15) is 9.90 Å². The van der Waals surface area contributed by atoms with Gasteiger partial charge in [0.1, 0.15) is 6.10 Å². The lowest BCUT2D eigenvalue weighted by molar-refractivity contribution is -0.154. The number of rotatable bonds is 33. The van der Waals surface area contributed by atoms with Crippen LogP contribution in [0.15, 0.2) is 72.9 Å².